The standard InChI is InChI=1S/C15H9Cl2NO3/c16-10-3-1-8(5-11(10)17)6-13(19)9-2-4-12-14(7-9)21-15(20)18-12/h1-5,7H,6H2,(H,18,20). The SMILES string of the molecule is O=C(Cc1ccc(Cl)c(Cl)c1)c1ccc2[nH]c(=O)oc2c1. The summed E-state index contributed by atoms with van der Waals surface area (Å²) in [6.07, 6.45) is 0.192. The molecule has 3 rings (SSSR count). The number of carbonyl (C=O) groups excluding carboxylic acids is 1. The molecule has 0 aliphatic carbocycles. The summed E-state index contributed by atoms with van der Waals surface area (Å²) in [5.74, 6) is -0.641. The third-order valence-corrected chi connectivity index (χ3v) is 3.83. The Morgan fingerprint density at radius 3 is 2.67 bits per heavy atom. The number of rotatable bonds is 3. The zero-order valence-corrected chi connectivity index (χ0v) is 12.2. The first kappa shape index (κ1) is 13.9. The summed E-state index contributed by atoms with van der Waals surface area (Å²) in [5.41, 5.74) is 2.16. The smallest absolute Gasteiger partial charge is 0.408 e. The Morgan fingerprint density at radius 1 is 1.10 bits per heavy atom. The van der Waals surface area contributed by atoms with E-state index in [1.807, 2.05) is 0 Å². The minimum Gasteiger partial charge on any atom is -0.408 e. The van der Waals surface area contributed by atoms with Crippen LogP contribution in [0.2, 0.25) is 10.0 Å². The molecule has 2 aromatic carbocycles. The average molecular weight is 322 g/mol. The monoisotopic (exact) mass is 321 g/mol. The van der Waals surface area contributed by atoms with Gasteiger partial charge in [0.05, 0.1) is 15.6 Å². The molecule has 0 radical (unpaired) electrons. The minimum atomic E-state index is -0.543. The molecule has 0 aliphatic rings. The van der Waals surface area contributed by atoms with Crippen molar-refractivity contribution in [1.82, 2.24) is 4.98 Å². The van der Waals surface area contributed by atoms with Crippen LogP contribution in [0.3, 0.4) is 0 Å². The lowest BCUT2D eigenvalue weighted by Gasteiger charge is -2.03. The molecule has 3 aromatic rings. The fraction of sp³-hybridized carbons (Fsp3) is 0.0667. The first-order valence-corrected chi connectivity index (χ1v) is 6.88. The zero-order chi connectivity index (χ0) is 15.0. The van der Waals surface area contributed by atoms with Gasteiger partial charge >= 0.3 is 5.76 Å². The summed E-state index contributed by atoms with van der Waals surface area (Å²) in [7, 11) is 0. The van der Waals surface area contributed by atoms with Crippen LogP contribution in [0.4, 0.5) is 0 Å². The third-order valence-electron chi connectivity index (χ3n) is 3.09. The first-order chi connectivity index (χ1) is 10.0. The topological polar surface area (TPSA) is 63.1 Å². The quantitative estimate of drug-likeness (QED) is 0.745. The van der Waals surface area contributed by atoms with Crippen molar-refractivity contribution in [3.05, 3.63) is 68.1 Å². The summed E-state index contributed by atoms with van der Waals surface area (Å²) >= 11 is 11.8. The lowest BCUT2D eigenvalue weighted by Crippen LogP contribution is -2.03. The molecule has 1 heterocycles. The molecule has 0 saturated heterocycles. The number of hydrogen-bond donors (Lipinski definition) is 1. The van der Waals surface area contributed by atoms with Crippen LogP contribution in [0.25, 0.3) is 11.1 Å². The van der Waals surface area contributed by atoms with Gasteiger partial charge in [-0.25, -0.2) is 4.79 Å². The van der Waals surface area contributed by atoms with Crippen molar-refractivity contribution in [2.24, 2.45) is 0 Å². The number of H-pyrrole nitrogens is 1. The summed E-state index contributed by atoms with van der Waals surface area (Å²) in [5, 5.41) is 0.859. The molecule has 6 heteroatoms. The van der Waals surface area contributed by atoms with E-state index in [0.717, 1.165) is 5.56 Å². The molecule has 106 valence electrons. The second-order valence-corrected chi connectivity index (χ2v) is 5.39. The van der Waals surface area contributed by atoms with Crippen molar-refractivity contribution in [1.29, 1.82) is 0 Å². The van der Waals surface area contributed by atoms with E-state index in [9.17, 15) is 9.59 Å². The first-order valence-electron chi connectivity index (χ1n) is 6.13. The van der Waals surface area contributed by atoms with Crippen LogP contribution in [-0.2, 0) is 6.42 Å². The highest BCUT2D eigenvalue weighted by molar-refractivity contribution is 6.42. The number of ketones is 1. The highest BCUT2D eigenvalue weighted by Gasteiger charge is 2.11. The van der Waals surface area contributed by atoms with Gasteiger partial charge in [0.15, 0.2) is 11.4 Å². The van der Waals surface area contributed by atoms with Crippen LogP contribution in [0.5, 0.6) is 0 Å². The van der Waals surface area contributed by atoms with E-state index >= 15 is 0 Å². The molecule has 0 atom stereocenters. The van der Waals surface area contributed by atoms with Gasteiger partial charge in [-0.2, -0.15) is 0 Å². The van der Waals surface area contributed by atoms with E-state index in [2.05, 4.69) is 4.98 Å². The Bertz CT molecular complexity index is 895. The number of aromatic nitrogens is 1. The number of carbonyl (C=O) groups is 1. The fourth-order valence-corrected chi connectivity index (χ4v) is 2.38. The summed E-state index contributed by atoms with van der Waals surface area (Å²) in [6.45, 7) is 0. The molecule has 0 unspecified atom stereocenters. The number of halogens is 2. The van der Waals surface area contributed by atoms with Crippen LogP contribution in [0.1, 0.15) is 15.9 Å². The number of nitrogens with one attached hydrogen (secondary N) is 1. The number of oxazole rings is 1. The zero-order valence-electron chi connectivity index (χ0n) is 10.7. The highest BCUT2D eigenvalue weighted by Crippen LogP contribution is 2.23. The van der Waals surface area contributed by atoms with E-state index in [1.54, 1.807) is 36.4 Å². The van der Waals surface area contributed by atoms with Crippen molar-refractivity contribution in [3.63, 3.8) is 0 Å². The van der Waals surface area contributed by atoms with Crippen molar-refractivity contribution in [3.8, 4) is 0 Å². The summed E-state index contributed by atoms with van der Waals surface area (Å²) < 4.78 is 4.94. The third kappa shape index (κ3) is 2.86. The molecular formula is C15H9Cl2NO3. The van der Waals surface area contributed by atoms with Gasteiger partial charge in [-0.05, 0) is 35.9 Å². The molecule has 0 saturated carbocycles. The predicted octanol–water partition coefficient (Wildman–Crippen LogP) is 3.85. The predicted molar refractivity (Wildman–Crippen MR) is 81.3 cm³/mol. The second kappa shape index (κ2) is 5.39. The minimum absolute atomic E-state index is 0.0980. The Kier molecular flexibility index (Phi) is 3.57. The maximum absolute atomic E-state index is 12.3. The van der Waals surface area contributed by atoms with Crippen LogP contribution < -0.4 is 5.76 Å². The van der Waals surface area contributed by atoms with Crippen molar-refractivity contribution in [2.75, 3.05) is 0 Å². The van der Waals surface area contributed by atoms with Crippen LogP contribution >= 0.6 is 23.2 Å². The van der Waals surface area contributed by atoms with E-state index in [4.69, 9.17) is 27.6 Å². The number of hydrogen-bond acceptors (Lipinski definition) is 3. The van der Waals surface area contributed by atoms with Crippen molar-refractivity contribution < 1.29 is 9.21 Å². The lowest BCUT2D eigenvalue weighted by atomic mass is 10.0. The van der Waals surface area contributed by atoms with Gasteiger partial charge in [-0.3, -0.25) is 9.78 Å². The van der Waals surface area contributed by atoms with Gasteiger partial charge in [0.25, 0.3) is 0 Å². The number of fused-ring (bicyclic) bond motifs is 1. The Morgan fingerprint density at radius 2 is 1.90 bits per heavy atom. The van der Waals surface area contributed by atoms with E-state index in [-0.39, 0.29) is 12.2 Å². The van der Waals surface area contributed by atoms with Gasteiger partial charge in [0, 0.05) is 12.0 Å². The largest absolute Gasteiger partial charge is 0.417 e. The molecule has 0 amide bonds. The molecule has 0 spiro atoms. The van der Waals surface area contributed by atoms with Crippen LogP contribution in [-0.4, -0.2) is 10.8 Å². The average Bonchev–Trinajstić information content (AvgIpc) is 2.82. The molecule has 0 bridgehead atoms. The Labute approximate surface area is 129 Å². The van der Waals surface area contributed by atoms with Crippen molar-refractivity contribution in [2.45, 2.75) is 6.42 Å². The maximum atomic E-state index is 12.3. The van der Waals surface area contributed by atoms with Gasteiger partial charge < -0.3 is 4.42 Å². The van der Waals surface area contributed by atoms with Gasteiger partial charge in [0.2, 0.25) is 0 Å². The Hall–Kier alpha value is -2.04. The number of Topliss-reactive ketones (excluding diaryl/α,β-unsaturated/α-hetero) is 1. The van der Waals surface area contributed by atoms with Gasteiger partial charge in [-0.1, -0.05) is 29.3 Å². The molecule has 1 aromatic heterocycles. The fourth-order valence-electron chi connectivity index (χ4n) is 2.06. The number of aromatic amines is 1. The summed E-state index contributed by atoms with van der Waals surface area (Å²) in [4.78, 5) is 25.9. The molecule has 4 nitrogen and oxygen atoms in total. The highest BCUT2D eigenvalue weighted by atomic mass is 35.5. The van der Waals surface area contributed by atoms with E-state index in [0.29, 0.717) is 26.7 Å². The molecule has 0 fully saturated rings. The van der Waals surface area contributed by atoms with Crippen molar-refractivity contribution >= 4 is 40.1 Å². The molecule has 21 heavy (non-hydrogen) atoms. The number of benzene rings is 2. The van der Waals surface area contributed by atoms with Crippen LogP contribution in [0, 0.1) is 0 Å². The van der Waals surface area contributed by atoms with Crippen LogP contribution in [0.15, 0.2) is 45.6 Å². The van der Waals surface area contributed by atoms with E-state index in [1.165, 1.54) is 0 Å². The maximum Gasteiger partial charge on any atom is 0.417 e. The van der Waals surface area contributed by atoms with E-state index < -0.39 is 5.76 Å². The second-order valence-electron chi connectivity index (χ2n) is 4.57. The summed E-state index contributed by atoms with van der Waals surface area (Å²) in [6, 6.07) is 9.90. The lowest BCUT2D eigenvalue weighted by molar-refractivity contribution is 0.0993. The molecule has 0 aliphatic heterocycles. The molecular weight excluding hydrogens is 313 g/mol. The van der Waals surface area contributed by atoms with Gasteiger partial charge in [0.1, 0.15) is 0 Å². The van der Waals surface area contributed by atoms with Gasteiger partial charge in [-0.15, -0.1) is 0 Å². The molecule has 1 N–H and O–H groups in total. The normalized spacial score (nSPS) is 11.0. The Balaban J connectivity index is 1.89.